The lowest BCUT2D eigenvalue weighted by Crippen LogP contribution is -2.42. The third kappa shape index (κ3) is 4.45. The number of aromatic nitrogens is 3. The third-order valence-corrected chi connectivity index (χ3v) is 6.65. The summed E-state index contributed by atoms with van der Waals surface area (Å²) < 4.78 is 5.56. The van der Waals surface area contributed by atoms with Crippen molar-refractivity contribution < 1.29 is 4.74 Å². The molecule has 0 aromatic carbocycles. The van der Waals surface area contributed by atoms with Gasteiger partial charge in [-0.05, 0) is 30.7 Å². The molecule has 4 heterocycles. The van der Waals surface area contributed by atoms with Crippen molar-refractivity contribution in [1.82, 2.24) is 15.0 Å². The number of ether oxygens (including phenoxy) is 1. The maximum atomic E-state index is 12.5. The number of rotatable bonds is 3. The first-order valence-corrected chi connectivity index (χ1v) is 10.8. The van der Waals surface area contributed by atoms with Gasteiger partial charge >= 0.3 is 0 Å². The SMILES string of the molecule is CC.Nc1nccc(Sc2cnc(N3CCC4(CCOC4)CC3)c(=O)[nH]2)c1Cl. The molecule has 0 amide bonds. The Hall–Kier alpha value is -1.77. The van der Waals surface area contributed by atoms with Gasteiger partial charge in [0.05, 0.1) is 22.9 Å². The summed E-state index contributed by atoms with van der Waals surface area (Å²) in [6.45, 7) is 7.36. The number of nitrogens with one attached hydrogen (secondary N) is 1. The zero-order valence-electron chi connectivity index (χ0n) is 16.2. The van der Waals surface area contributed by atoms with Gasteiger partial charge in [0.15, 0.2) is 5.82 Å². The van der Waals surface area contributed by atoms with Crippen LogP contribution in [0.5, 0.6) is 0 Å². The minimum absolute atomic E-state index is 0.188. The van der Waals surface area contributed by atoms with Gasteiger partial charge in [-0.25, -0.2) is 9.97 Å². The lowest BCUT2D eigenvalue weighted by Gasteiger charge is -2.38. The molecule has 4 rings (SSSR count). The quantitative estimate of drug-likeness (QED) is 0.778. The average molecular weight is 424 g/mol. The van der Waals surface area contributed by atoms with Crippen molar-refractivity contribution in [2.75, 3.05) is 36.9 Å². The number of halogens is 1. The Morgan fingerprint density at radius 1 is 1.29 bits per heavy atom. The standard InChI is InChI=1S/C17H20ClN5O2S.C2H6/c18-13-11(1-5-20-14(13)19)26-12-9-21-15(16(24)22-12)23-6-2-17(3-7-23)4-8-25-10-17;1-2/h1,5,9H,2-4,6-8,10H2,(H2,19,20)(H,22,24);1-2H3. The molecule has 0 bridgehead atoms. The first-order valence-electron chi connectivity index (χ1n) is 9.56. The second-order valence-electron chi connectivity index (χ2n) is 6.80. The molecule has 2 aromatic heterocycles. The summed E-state index contributed by atoms with van der Waals surface area (Å²) in [6.07, 6.45) is 6.44. The molecule has 0 atom stereocenters. The summed E-state index contributed by atoms with van der Waals surface area (Å²) in [4.78, 5) is 26.5. The van der Waals surface area contributed by atoms with Crippen LogP contribution in [0, 0.1) is 5.41 Å². The van der Waals surface area contributed by atoms with Gasteiger partial charge in [0.1, 0.15) is 5.82 Å². The van der Waals surface area contributed by atoms with Gasteiger partial charge in [-0.15, -0.1) is 0 Å². The number of nitrogens with two attached hydrogens (primary N) is 1. The molecule has 2 aromatic rings. The molecule has 2 fully saturated rings. The number of hydrogen-bond donors (Lipinski definition) is 2. The van der Waals surface area contributed by atoms with Gasteiger partial charge in [-0.1, -0.05) is 37.2 Å². The predicted molar refractivity (Wildman–Crippen MR) is 113 cm³/mol. The summed E-state index contributed by atoms with van der Waals surface area (Å²) in [5.74, 6) is 0.741. The van der Waals surface area contributed by atoms with E-state index in [9.17, 15) is 4.79 Å². The fraction of sp³-hybridized carbons (Fsp3) is 0.526. The predicted octanol–water partition coefficient (Wildman–Crippen LogP) is 3.58. The number of aromatic amines is 1. The molecule has 3 N–H and O–H groups in total. The van der Waals surface area contributed by atoms with Crippen LogP contribution in [0.2, 0.25) is 5.02 Å². The lowest BCUT2D eigenvalue weighted by atomic mass is 9.78. The van der Waals surface area contributed by atoms with Gasteiger partial charge in [0.25, 0.3) is 5.56 Å². The zero-order chi connectivity index (χ0) is 20.1. The number of nitrogens with zero attached hydrogens (tertiary/aromatic N) is 3. The summed E-state index contributed by atoms with van der Waals surface area (Å²) >= 11 is 7.46. The molecule has 7 nitrogen and oxygen atoms in total. The Kier molecular flexibility index (Phi) is 6.85. The van der Waals surface area contributed by atoms with E-state index in [1.165, 1.54) is 11.8 Å². The van der Waals surface area contributed by atoms with Gasteiger partial charge in [0.2, 0.25) is 0 Å². The Morgan fingerprint density at radius 3 is 2.68 bits per heavy atom. The highest BCUT2D eigenvalue weighted by Gasteiger charge is 2.38. The van der Waals surface area contributed by atoms with Crippen molar-refractivity contribution in [2.24, 2.45) is 5.41 Å². The molecule has 0 aliphatic carbocycles. The number of nitrogen functional groups attached to an aromatic ring is 1. The molecule has 2 aliphatic heterocycles. The average Bonchev–Trinajstić information content (AvgIpc) is 3.16. The molecule has 0 saturated carbocycles. The van der Waals surface area contributed by atoms with E-state index < -0.39 is 0 Å². The molecule has 2 aliphatic rings. The normalized spacial score (nSPS) is 18.0. The minimum Gasteiger partial charge on any atom is -0.382 e. The van der Waals surface area contributed by atoms with Crippen LogP contribution in [0.4, 0.5) is 11.6 Å². The van der Waals surface area contributed by atoms with Crippen LogP contribution >= 0.6 is 23.4 Å². The van der Waals surface area contributed by atoms with E-state index in [1.54, 1.807) is 18.5 Å². The van der Waals surface area contributed by atoms with Crippen LogP contribution in [-0.4, -0.2) is 41.3 Å². The van der Waals surface area contributed by atoms with E-state index in [0.717, 1.165) is 50.5 Å². The number of hydrogen-bond acceptors (Lipinski definition) is 7. The zero-order valence-corrected chi connectivity index (χ0v) is 17.8. The molecule has 2 saturated heterocycles. The van der Waals surface area contributed by atoms with Crippen LogP contribution < -0.4 is 16.2 Å². The first-order chi connectivity index (χ1) is 13.6. The van der Waals surface area contributed by atoms with E-state index in [2.05, 4.69) is 19.9 Å². The van der Waals surface area contributed by atoms with Crippen molar-refractivity contribution >= 4 is 35.0 Å². The highest BCUT2D eigenvalue weighted by molar-refractivity contribution is 7.99. The molecule has 28 heavy (non-hydrogen) atoms. The van der Waals surface area contributed by atoms with E-state index in [4.69, 9.17) is 22.1 Å². The molecule has 0 unspecified atom stereocenters. The Bertz CT molecular complexity index is 860. The minimum atomic E-state index is -0.188. The van der Waals surface area contributed by atoms with E-state index >= 15 is 0 Å². The number of pyridine rings is 1. The third-order valence-electron chi connectivity index (χ3n) is 5.15. The van der Waals surface area contributed by atoms with Crippen molar-refractivity contribution in [2.45, 2.75) is 43.0 Å². The monoisotopic (exact) mass is 423 g/mol. The van der Waals surface area contributed by atoms with Crippen LogP contribution in [-0.2, 0) is 4.74 Å². The number of anilines is 2. The van der Waals surface area contributed by atoms with Gasteiger partial charge in [0, 0.05) is 30.8 Å². The highest BCUT2D eigenvalue weighted by atomic mass is 35.5. The maximum Gasteiger partial charge on any atom is 0.291 e. The number of piperidine rings is 1. The number of H-pyrrole nitrogens is 1. The molecule has 1 spiro atoms. The Morgan fingerprint density at radius 2 is 2.04 bits per heavy atom. The largest absolute Gasteiger partial charge is 0.382 e. The van der Waals surface area contributed by atoms with Gasteiger partial charge in [-0.2, -0.15) is 0 Å². The topological polar surface area (TPSA) is 97.1 Å². The van der Waals surface area contributed by atoms with Gasteiger partial charge < -0.3 is 20.4 Å². The van der Waals surface area contributed by atoms with Gasteiger partial charge in [-0.3, -0.25) is 4.79 Å². The lowest BCUT2D eigenvalue weighted by molar-refractivity contribution is 0.133. The van der Waals surface area contributed by atoms with Crippen molar-refractivity contribution in [3.8, 4) is 0 Å². The fourth-order valence-corrected chi connectivity index (χ4v) is 4.57. The van der Waals surface area contributed by atoms with E-state index in [1.807, 2.05) is 13.8 Å². The van der Waals surface area contributed by atoms with Crippen molar-refractivity contribution in [1.29, 1.82) is 0 Å². The van der Waals surface area contributed by atoms with E-state index in [-0.39, 0.29) is 11.4 Å². The Balaban J connectivity index is 0.00000109. The van der Waals surface area contributed by atoms with Crippen LogP contribution in [0.25, 0.3) is 0 Å². The highest BCUT2D eigenvalue weighted by Crippen LogP contribution is 2.39. The first kappa shape index (κ1) is 21.0. The van der Waals surface area contributed by atoms with Crippen molar-refractivity contribution in [3.05, 3.63) is 33.8 Å². The second-order valence-corrected chi connectivity index (χ2v) is 8.26. The summed E-state index contributed by atoms with van der Waals surface area (Å²) in [5, 5.41) is 0.992. The molecular formula is C19H26ClN5O2S. The van der Waals surface area contributed by atoms with Crippen LogP contribution in [0.3, 0.4) is 0 Å². The Labute approximate surface area is 174 Å². The van der Waals surface area contributed by atoms with Crippen molar-refractivity contribution in [3.63, 3.8) is 0 Å². The van der Waals surface area contributed by atoms with Crippen LogP contribution in [0.15, 0.2) is 33.2 Å². The molecule has 152 valence electrons. The molecular weight excluding hydrogens is 398 g/mol. The summed E-state index contributed by atoms with van der Waals surface area (Å²) in [6, 6.07) is 1.75. The second kappa shape index (κ2) is 9.15. The molecule has 9 heteroatoms. The van der Waals surface area contributed by atoms with Crippen LogP contribution in [0.1, 0.15) is 33.1 Å². The fourth-order valence-electron chi connectivity index (χ4n) is 3.53. The summed E-state index contributed by atoms with van der Waals surface area (Å²) in [5.41, 5.74) is 5.83. The maximum absolute atomic E-state index is 12.5. The van der Waals surface area contributed by atoms with E-state index in [0.29, 0.717) is 21.3 Å². The summed E-state index contributed by atoms with van der Waals surface area (Å²) in [7, 11) is 0. The molecule has 0 radical (unpaired) electrons. The smallest absolute Gasteiger partial charge is 0.291 e.